The first kappa shape index (κ1) is 37.6. The first-order valence-corrected chi connectivity index (χ1v) is 17.6. The highest BCUT2D eigenvalue weighted by atomic mass is 32.2. The summed E-state index contributed by atoms with van der Waals surface area (Å²) >= 11 is 2.29. The summed E-state index contributed by atoms with van der Waals surface area (Å²) in [6.07, 6.45) is 0. The van der Waals surface area contributed by atoms with Crippen LogP contribution in [-0.2, 0) is 31.0 Å². The van der Waals surface area contributed by atoms with Crippen LogP contribution in [0.25, 0.3) is 11.0 Å². The second kappa shape index (κ2) is 14.7. The summed E-state index contributed by atoms with van der Waals surface area (Å²) in [4.78, 5) is 79.8. The number of tetrazole rings is 1. The normalized spacial score (nSPS) is 18.5. The van der Waals surface area contributed by atoms with Crippen LogP contribution in [0, 0.1) is 6.92 Å². The smallest absolute Gasteiger partial charge is 0.352 e. The number of rotatable bonds is 13. The van der Waals surface area contributed by atoms with E-state index in [1.807, 2.05) is 0 Å². The van der Waals surface area contributed by atoms with Crippen molar-refractivity contribution in [3.8, 4) is 17.2 Å². The third kappa shape index (κ3) is 6.65. The van der Waals surface area contributed by atoms with E-state index in [0.29, 0.717) is 10.7 Å². The Balaban J connectivity index is 1.31. The van der Waals surface area contributed by atoms with Crippen molar-refractivity contribution in [2.45, 2.75) is 29.2 Å². The molecule has 4 aromatic rings. The number of nitrogens with zero attached hydrogens (tertiary/aromatic N) is 5. The second-order valence-electron chi connectivity index (χ2n) is 11.7. The summed E-state index contributed by atoms with van der Waals surface area (Å²) in [5.41, 5.74) is -3.73. The molecule has 4 heterocycles. The van der Waals surface area contributed by atoms with Crippen molar-refractivity contribution in [1.82, 2.24) is 35.7 Å². The molecule has 22 heteroatoms. The lowest BCUT2D eigenvalue weighted by atomic mass is 9.96. The number of nitrogens with one attached hydrogen (secondary N) is 2. The molecule has 1 saturated heterocycles. The molecule has 1 unspecified atom stereocenters. The Morgan fingerprint density at radius 1 is 1.13 bits per heavy atom. The molecule has 2 aromatic heterocycles. The molecular weight excluding hydrogens is 755 g/mol. The summed E-state index contributed by atoms with van der Waals surface area (Å²) in [5.74, 6) is -6.84. The van der Waals surface area contributed by atoms with E-state index in [1.54, 1.807) is 7.05 Å². The molecule has 20 nitrogen and oxygen atoms in total. The molecule has 2 aromatic carbocycles. The lowest BCUT2D eigenvalue weighted by Crippen LogP contribution is -2.81. The zero-order chi connectivity index (χ0) is 39.1. The Labute approximate surface area is 311 Å². The number of thioether (sulfide) groups is 2. The maximum Gasteiger partial charge on any atom is 0.352 e. The van der Waals surface area contributed by atoms with Crippen LogP contribution in [0.4, 0.5) is 0 Å². The molecule has 2 aliphatic rings. The van der Waals surface area contributed by atoms with Gasteiger partial charge in [0.2, 0.25) is 22.2 Å². The Morgan fingerprint density at radius 2 is 1.85 bits per heavy atom. The van der Waals surface area contributed by atoms with Gasteiger partial charge in [0.25, 0.3) is 17.5 Å². The number of β-lactam (4-membered cyclic amide) rings is 1. The number of amides is 3. The summed E-state index contributed by atoms with van der Waals surface area (Å²) in [7, 11) is 2.76. The number of phenolic OH excluding ortho intramolecular Hbond substituents is 2. The standard InChI is InChI=1S/C32H29N7O13S2/c1-13-20(23(43)17-8-9-18(40)24(44)25(17)52-13)26(45)33-21(14-4-6-16(7-5-14)51-10-19(41)42)27(46)34-32(50-3)29(49)39-22(28(47)48)15(11-53-30(32)39)12-54-31-35-36-37-38(31)2/h4-9,21,30,40,44H,10-12H2,1-3H3,(H,33,45)(H,34,46)(H,41,42)(H,47,48)/t21?,30-,32-/m0/s1. The summed E-state index contributed by atoms with van der Waals surface area (Å²) < 4.78 is 17.7. The Morgan fingerprint density at radius 3 is 2.48 bits per heavy atom. The SMILES string of the molecule is CO[C@@]1(NC(=O)C(NC(=O)c2c(C)oc3c(O)c(O)ccc3c2=O)c2ccc(OCC(=O)O)cc2)C(=O)N2C(C(=O)O)=C(CSc3nnnn3C)CS[C@H]21. The predicted molar refractivity (Wildman–Crippen MR) is 185 cm³/mol. The number of hydrogen-bond acceptors (Lipinski definition) is 16. The van der Waals surface area contributed by atoms with Crippen molar-refractivity contribution in [3.63, 3.8) is 0 Å². The molecule has 6 rings (SSSR count). The number of carboxylic acids is 2. The number of carboxylic acid groups (broad SMARTS) is 2. The third-order valence-electron chi connectivity index (χ3n) is 8.43. The van der Waals surface area contributed by atoms with Gasteiger partial charge >= 0.3 is 11.9 Å². The fourth-order valence-electron chi connectivity index (χ4n) is 5.81. The maximum atomic E-state index is 14.2. The number of carbonyl (C=O) groups excluding carboxylic acids is 3. The van der Waals surface area contributed by atoms with Crippen molar-refractivity contribution in [1.29, 1.82) is 0 Å². The van der Waals surface area contributed by atoms with Gasteiger partial charge < -0.3 is 45.0 Å². The van der Waals surface area contributed by atoms with Crippen molar-refractivity contribution in [2.75, 3.05) is 25.2 Å². The number of ether oxygens (including phenoxy) is 2. The number of benzene rings is 2. The first-order chi connectivity index (χ1) is 25.7. The van der Waals surface area contributed by atoms with Gasteiger partial charge in [-0.3, -0.25) is 24.1 Å². The van der Waals surface area contributed by atoms with Gasteiger partial charge in [-0.2, -0.15) is 0 Å². The lowest BCUT2D eigenvalue weighted by Gasteiger charge is -2.56. The number of hydrogen-bond donors (Lipinski definition) is 6. The average molecular weight is 784 g/mol. The Hall–Kier alpha value is -6.13. The van der Waals surface area contributed by atoms with Gasteiger partial charge in [-0.15, -0.1) is 16.9 Å². The fourth-order valence-corrected chi connectivity index (χ4v) is 8.24. The molecular formula is C32H29N7O13S2. The number of aryl methyl sites for hydroxylation is 2. The molecule has 3 amide bonds. The Kier molecular flexibility index (Phi) is 10.3. The molecule has 6 N–H and O–H groups in total. The molecule has 1 fully saturated rings. The van der Waals surface area contributed by atoms with E-state index in [-0.39, 0.29) is 45.2 Å². The topological polar surface area (TPSA) is 286 Å². The zero-order valence-electron chi connectivity index (χ0n) is 28.3. The number of fused-ring (bicyclic) bond motifs is 2. The second-order valence-corrected chi connectivity index (χ2v) is 13.7. The number of aliphatic carboxylic acids is 2. The van der Waals surface area contributed by atoms with Crippen molar-refractivity contribution in [2.24, 2.45) is 7.05 Å². The summed E-state index contributed by atoms with van der Waals surface area (Å²) in [5, 5.41) is 54.5. The zero-order valence-corrected chi connectivity index (χ0v) is 29.9. The van der Waals surface area contributed by atoms with Crippen LogP contribution >= 0.6 is 23.5 Å². The van der Waals surface area contributed by atoms with Gasteiger partial charge in [0, 0.05) is 25.7 Å². The lowest BCUT2D eigenvalue weighted by molar-refractivity contribution is -0.192. The molecule has 0 saturated carbocycles. The van der Waals surface area contributed by atoms with Crippen LogP contribution in [0.15, 0.2) is 62.0 Å². The number of carbonyl (C=O) groups is 5. The highest BCUT2D eigenvalue weighted by Gasteiger charge is 2.67. The van der Waals surface area contributed by atoms with E-state index < -0.39 is 75.9 Å². The van der Waals surface area contributed by atoms with Crippen molar-refractivity contribution < 1.29 is 58.3 Å². The quantitative estimate of drug-likeness (QED) is 0.0465. The van der Waals surface area contributed by atoms with E-state index in [4.69, 9.17) is 19.0 Å². The van der Waals surface area contributed by atoms with Crippen molar-refractivity contribution in [3.05, 3.63) is 74.8 Å². The van der Waals surface area contributed by atoms with Gasteiger partial charge in [0.1, 0.15) is 34.2 Å². The third-order valence-corrected chi connectivity index (χ3v) is 10.9. The van der Waals surface area contributed by atoms with E-state index >= 15 is 0 Å². The number of methoxy groups -OCH3 is 1. The highest BCUT2D eigenvalue weighted by Crippen LogP contribution is 2.47. The monoisotopic (exact) mass is 783 g/mol. The van der Waals surface area contributed by atoms with E-state index in [9.17, 15) is 44.1 Å². The molecule has 54 heavy (non-hydrogen) atoms. The van der Waals surface area contributed by atoms with Crippen LogP contribution in [0.3, 0.4) is 0 Å². The summed E-state index contributed by atoms with van der Waals surface area (Å²) in [6, 6.07) is 5.85. The molecule has 2 aliphatic heterocycles. The minimum absolute atomic E-state index is 0.0868. The number of aromatic hydroxyl groups is 2. The predicted octanol–water partition coefficient (Wildman–Crippen LogP) is 0.476. The highest BCUT2D eigenvalue weighted by molar-refractivity contribution is 8.01. The largest absolute Gasteiger partial charge is 0.504 e. The number of phenols is 2. The minimum Gasteiger partial charge on any atom is -0.504 e. The average Bonchev–Trinajstić information content (AvgIpc) is 3.56. The van der Waals surface area contributed by atoms with Gasteiger partial charge in [0.05, 0.1) is 5.39 Å². The molecule has 0 spiro atoms. The van der Waals surface area contributed by atoms with Crippen LogP contribution < -0.4 is 20.8 Å². The Bertz CT molecular complexity index is 2310. The van der Waals surface area contributed by atoms with Gasteiger partial charge in [-0.25, -0.2) is 14.3 Å². The first-order valence-electron chi connectivity index (χ1n) is 15.5. The molecule has 0 bridgehead atoms. The van der Waals surface area contributed by atoms with Crippen LogP contribution in [-0.4, -0.2) is 112 Å². The van der Waals surface area contributed by atoms with E-state index in [0.717, 1.165) is 47.7 Å². The van der Waals surface area contributed by atoms with Gasteiger partial charge in [-0.05, 0) is 52.8 Å². The fraction of sp³-hybridized carbons (Fsp3) is 0.281. The van der Waals surface area contributed by atoms with Gasteiger partial charge in [-0.1, -0.05) is 23.9 Å². The van der Waals surface area contributed by atoms with Crippen LogP contribution in [0.1, 0.15) is 27.7 Å². The molecule has 0 aliphatic carbocycles. The van der Waals surface area contributed by atoms with E-state index in [2.05, 4.69) is 26.2 Å². The molecule has 282 valence electrons. The van der Waals surface area contributed by atoms with Crippen LogP contribution in [0.5, 0.6) is 17.2 Å². The minimum atomic E-state index is -2.10. The van der Waals surface area contributed by atoms with Gasteiger partial charge in [0.15, 0.2) is 17.9 Å². The van der Waals surface area contributed by atoms with Crippen molar-refractivity contribution >= 4 is 64.2 Å². The van der Waals surface area contributed by atoms with E-state index in [1.165, 1.54) is 35.9 Å². The molecule has 0 radical (unpaired) electrons. The maximum absolute atomic E-state index is 14.2. The van der Waals surface area contributed by atoms with Crippen LogP contribution in [0.2, 0.25) is 0 Å². The number of aromatic nitrogens is 4. The molecule has 3 atom stereocenters. The summed E-state index contributed by atoms with van der Waals surface area (Å²) in [6.45, 7) is 0.595.